The van der Waals surface area contributed by atoms with Gasteiger partial charge in [-0.25, -0.2) is 0 Å². The lowest BCUT2D eigenvalue weighted by Crippen LogP contribution is -1.98. The Morgan fingerprint density at radius 2 is 1.75 bits per heavy atom. The Hall–Kier alpha value is -1.16. The molecule has 0 saturated heterocycles. The molecule has 1 atom stereocenters. The second-order valence-electron chi connectivity index (χ2n) is 4.57. The molecule has 0 aliphatic heterocycles. The quantitative estimate of drug-likeness (QED) is 0.661. The maximum atomic E-state index is 12.3. The number of rotatable bonds is 4. The van der Waals surface area contributed by atoms with Crippen molar-refractivity contribution in [2.75, 3.05) is 0 Å². The first-order valence-corrected chi connectivity index (χ1v) is 8.96. The Morgan fingerprint density at radius 3 is 2.55 bits per heavy atom. The highest BCUT2D eigenvalue weighted by Gasteiger charge is 2.08. The minimum Gasteiger partial charge on any atom is -0.259 e. The van der Waals surface area contributed by atoms with Crippen molar-refractivity contribution >= 4 is 44.5 Å². The van der Waals surface area contributed by atoms with Crippen molar-refractivity contribution < 1.29 is 4.21 Å². The zero-order valence-electron chi connectivity index (χ0n) is 10.7. The monoisotopic (exact) mass is 320 g/mol. The molecule has 0 fully saturated rings. The minimum atomic E-state index is -0.913. The van der Waals surface area contributed by atoms with Crippen LogP contribution in [-0.4, -0.2) is 4.21 Å². The van der Waals surface area contributed by atoms with Crippen LogP contribution in [0.1, 0.15) is 10.4 Å². The third-order valence-corrected chi connectivity index (χ3v) is 5.81. The van der Waals surface area contributed by atoms with Crippen LogP contribution in [0.3, 0.4) is 0 Å². The molecule has 102 valence electrons. The number of thiophene rings is 1. The number of hydrogen-bond acceptors (Lipinski definition) is 2. The van der Waals surface area contributed by atoms with E-state index in [4.69, 9.17) is 11.6 Å². The van der Waals surface area contributed by atoms with Gasteiger partial charge in [-0.2, -0.15) is 0 Å². The SMILES string of the molecule is O=S(Cc1ccc(Cl)s1)Cc1cccc2ccccc12. The lowest BCUT2D eigenvalue weighted by molar-refractivity contribution is 0.682. The Bertz CT molecular complexity index is 759. The maximum absolute atomic E-state index is 12.3. The van der Waals surface area contributed by atoms with E-state index >= 15 is 0 Å². The summed E-state index contributed by atoms with van der Waals surface area (Å²) in [6.45, 7) is 0. The summed E-state index contributed by atoms with van der Waals surface area (Å²) >= 11 is 7.40. The molecule has 4 heteroatoms. The molecule has 1 unspecified atom stereocenters. The standard InChI is InChI=1S/C16H13ClOS2/c17-16-9-8-14(19-16)11-20(18)10-13-6-3-5-12-4-1-2-7-15(12)13/h1-9H,10-11H2. The molecule has 3 aromatic rings. The van der Waals surface area contributed by atoms with E-state index in [9.17, 15) is 4.21 Å². The molecule has 0 N–H and O–H groups in total. The first kappa shape index (κ1) is 13.8. The van der Waals surface area contributed by atoms with Gasteiger partial charge >= 0.3 is 0 Å². The topological polar surface area (TPSA) is 17.1 Å². The fourth-order valence-electron chi connectivity index (χ4n) is 2.23. The predicted molar refractivity (Wildman–Crippen MR) is 88.8 cm³/mol. The zero-order chi connectivity index (χ0) is 13.9. The van der Waals surface area contributed by atoms with Gasteiger partial charge in [0.2, 0.25) is 0 Å². The van der Waals surface area contributed by atoms with E-state index in [2.05, 4.69) is 24.3 Å². The van der Waals surface area contributed by atoms with Crippen molar-refractivity contribution in [3.8, 4) is 0 Å². The van der Waals surface area contributed by atoms with Gasteiger partial charge in [-0.05, 0) is 28.5 Å². The van der Waals surface area contributed by atoms with E-state index in [1.807, 2.05) is 30.3 Å². The van der Waals surface area contributed by atoms with Crippen LogP contribution in [0, 0.1) is 0 Å². The summed E-state index contributed by atoms with van der Waals surface area (Å²) in [7, 11) is -0.913. The molecule has 0 bridgehead atoms. The van der Waals surface area contributed by atoms with Gasteiger partial charge in [-0.1, -0.05) is 54.1 Å². The van der Waals surface area contributed by atoms with Crippen LogP contribution in [0.25, 0.3) is 10.8 Å². The van der Waals surface area contributed by atoms with Gasteiger partial charge in [0.1, 0.15) is 0 Å². The van der Waals surface area contributed by atoms with Gasteiger partial charge in [-0.15, -0.1) is 11.3 Å². The molecule has 3 rings (SSSR count). The van der Waals surface area contributed by atoms with Gasteiger partial charge in [-0.3, -0.25) is 4.21 Å². The lowest BCUT2D eigenvalue weighted by Gasteiger charge is -2.06. The molecule has 1 heterocycles. The molecule has 0 amide bonds. The average Bonchev–Trinajstić information content (AvgIpc) is 2.84. The molecule has 0 aliphatic rings. The summed E-state index contributed by atoms with van der Waals surface area (Å²) in [5, 5.41) is 2.38. The fourth-order valence-corrected chi connectivity index (χ4v) is 4.86. The van der Waals surface area contributed by atoms with E-state index in [1.165, 1.54) is 22.1 Å². The zero-order valence-corrected chi connectivity index (χ0v) is 13.1. The van der Waals surface area contributed by atoms with Crippen molar-refractivity contribution in [3.05, 3.63) is 69.4 Å². The van der Waals surface area contributed by atoms with Crippen molar-refractivity contribution in [2.24, 2.45) is 0 Å². The summed E-state index contributed by atoms with van der Waals surface area (Å²) in [6.07, 6.45) is 0. The Morgan fingerprint density at radius 1 is 0.950 bits per heavy atom. The van der Waals surface area contributed by atoms with E-state index < -0.39 is 10.8 Å². The first-order chi connectivity index (χ1) is 9.72. The predicted octanol–water partition coefficient (Wildman–Crippen LogP) is 5.00. The molecule has 20 heavy (non-hydrogen) atoms. The van der Waals surface area contributed by atoms with Crippen LogP contribution < -0.4 is 0 Å². The lowest BCUT2D eigenvalue weighted by atomic mass is 10.1. The normalized spacial score (nSPS) is 12.7. The highest BCUT2D eigenvalue weighted by atomic mass is 35.5. The van der Waals surface area contributed by atoms with Crippen LogP contribution in [-0.2, 0) is 22.3 Å². The Kier molecular flexibility index (Phi) is 4.20. The number of halogens is 1. The molecule has 0 saturated carbocycles. The Balaban J connectivity index is 1.81. The van der Waals surface area contributed by atoms with E-state index in [0.717, 1.165) is 14.8 Å². The second kappa shape index (κ2) is 6.08. The van der Waals surface area contributed by atoms with Crippen LogP contribution in [0.5, 0.6) is 0 Å². The largest absolute Gasteiger partial charge is 0.259 e. The highest BCUT2D eigenvalue weighted by molar-refractivity contribution is 7.83. The van der Waals surface area contributed by atoms with Crippen LogP contribution >= 0.6 is 22.9 Å². The van der Waals surface area contributed by atoms with E-state index in [0.29, 0.717) is 11.5 Å². The van der Waals surface area contributed by atoms with E-state index in [1.54, 1.807) is 0 Å². The molecule has 1 nitrogen and oxygen atoms in total. The molecule has 0 radical (unpaired) electrons. The fraction of sp³-hybridized carbons (Fsp3) is 0.125. The van der Waals surface area contributed by atoms with Gasteiger partial charge < -0.3 is 0 Å². The summed E-state index contributed by atoms with van der Waals surface area (Å²) < 4.78 is 13.1. The molecule has 1 aromatic heterocycles. The van der Waals surface area contributed by atoms with Crippen molar-refractivity contribution in [1.29, 1.82) is 0 Å². The highest BCUT2D eigenvalue weighted by Crippen LogP contribution is 2.24. The number of fused-ring (bicyclic) bond motifs is 1. The summed E-state index contributed by atoms with van der Waals surface area (Å²) in [6, 6.07) is 18.2. The molecular formula is C16H13ClOS2. The number of hydrogen-bond donors (Lipinski definition) is 0. The molecule has 0 spiro atoms. The number of benzene rings is 2. The molecular weight excluding hydrogens is 308 g/mol. The Labute approximate surface area is 129 Å². The average molecular weight is 321 g/mol. The molecule has 0 aliphatic carbocycles. The van der Waals surface area contributed by atoms with E-state index in [-0.39, 0.29) is 0 Å². The van der Waals surface area contributed by atoms with Crippen molar-refractivity contribution in [2.45, 2.75) is 11.5 Å². The third-order valence-electron chi connectivity index (χ3n) is 3.13. The first-order valence-electron chi connectivity index (χ1n) is 6.28. The molecule has 2 aromatic carbocycles. The maximum Gasteiger partial charge on any atom is 0.0931 e. The minimum absolute atomic E-state index is 0.570. The van der Waals surface area contributed by atoms with Gasteiger partial charge in [0.25, 0.3) is 0 Å². The summed E-state index contributed by atoms with van der Waals surface area (Å²) in [5.74, 6) is 1.15. The van der Waals surface area contributed by atoms with Crippen molar-refractivity contribution in [1.82, 2.24) is 0 Å². The second-order valence-corrected chi connectivity index (χ2v) is 7.83. The van der Waals surface area contributed by atoms with Gasteiger partial charge in [0.05, 0.1) is 10.1 Å². The van der Waals surface area contributed by atoms with Gasteiger partial charge in [0.15, 0.2) is 0 Å². The van der Waals surface area contributed by atoms with Crippen molar-refractivity contribution in [3.63, 3.8) is 0 Å². The third kappa shape index (κ3) is 3.11. The van der Waals surface area contributed by atoms with Crippen LogP contribution in [0.15, 0.2) is 54.6 Å². The van der Waals surface area contributed by atoms with Crippen LogP contribution in [0.2, 0.25) is 4.34 Å². The van der Waals surface area contributed by atoms with Gasteiger partial charge in [0, 0.05) is 21.4 Å². The summed E-state index contributed by atoms with van der Waals surface area (Å²) in [4.78, 5) is 1.08. The summed E-state index contributed by atoms with van der Waals surface area (Å²) in [5.41, 5.74) is 1.14. The van der Waals surface area contributed by atoms with Crippen LogP contribution in [0.4, 0.5) is 0 Å². The smallest absolute Gasteiger partial charge is 0.0931 e.